The molecule has 0 spiro atoms. The van der Waals surface area contributed by atoms with Gasteiger partial charge in [-0.1, -0.05) is 5.21 Å². The molecule has 2 heterocycles. The molecule has 0 aliphatic heterocycles. The first-order chi connectivity index (χ1) is 8.65. The number of aromatic nitrogens is 4. The number of nitrogens with one attached hydrogen (secondary N) is 1. The Morgan fingerprint density at radius 1 is 1.50 bits per heavy atom. The Bertz CT molecular complexity index is 540. The first-order valence-electron chi connectivity index (χ1n) is 5.15. The zero-order valence-electron chi connectivity index (χ0n) is 9.35. The van der Waals surface area contributed by atoms with Gasteiger partial charge in [0.15, 0.2) is 0 Å². The van der Waals surface area contributed by atoms with E-state index >= 15 is 0 Å². The summed E-state index contributed by atoms with van der Waals surface area (Å²) < 4.78 is 1.63. The van der Waals surface area contributed by atoms with Crippen LogP contribution in [0.3, 0.4) is 0 Å². The number of pyridine rings is 1. The molecule has 0 radical (unpaired) electrons. The second kappa shape index (κ2) is 5.08. The van der Waals surface area contributed by atoms with Gasteiger partial charge in [-0.05, 0) is 0 Å². The van der Waals surface area contributed by atoms with Gasteiger partial charge in [0.2, 0.25) is 0 Å². The Morgan fingerprint density at radius 2 is 2.33 bits per heavy atom. The van der Waals surface area contributed by atoms with Gasteiger partial charge >= 0.3 is 0 Å². The number of nitrogen functional groups attached to an aromatic ring is 1. The molecule has 0 aliphatic carbocycles. The zero-order chi connectivity index (χ0) is 13.0. The van der Waals surface area contributed by atoms with Gasteiger partial charge in [-0.15, -0.1) is 5.10 Å². The quantitative estimate of drug-likeness (QED) is 0.575. The third-order valence-corrected chi connectivity index (χ3v) is 2.16. The van der Waals surface area contributed by atoms with Gasteiger partial charge < -0.3 is 11.1 Å². The highest BCUT2D eigenvalue weighted by Crippen LogP contribution is 2.18. The van der Waals surface area contributed by atoms with Crippen LogP contribution in [0, 0.1) is 10.1 Å². The van der Waals surface area contributed by atoms with E-state index < -0.39 is 4.92 Å². The fraction of sp³-hybridized carbons (Fsp3) is 0.222. The molecule has 9 nitrogen and oxygen atoms in total. The van der Waals surface area contributed by atoms with Crippen molar-refractivity contribution in [3.05, 3.63) is 34.6 Å². The highest BCUT2D eigenvalue weighted by Gasteiger charge is 2.09. The van der Waals surface area contributed by atoms with Crippen LogP contribution in [-0.2, 0) is 6.54 Å². The molecule has 0 fully saturated rings. The van der Waals surface area contributed by atoms with Gasteiger partial charge in [0.05, 0.1) is 29.8 Å². The minimum atomic E-state index is -0.513. The normalized spacial score (nSPS) is 10.2. The molecule has 2 aromatic heterocycles. The van der Waals surface area contributed by atoms with Gasteiger partial charge in [-0.3, -0.25) is 14.8 Å². The van der Waals surface area contributed by atoms with Gasteiger partial charge in [0, 0.05) is 12.7 Å². The SMILES string of the molecule is Nc1cc([N+](=O)[O-])cc(NCCn2ccnn2)n1. The van der Waals surface area contributed by atoms with E-state index in [9.17, 15) is 10.1 Å². The predicted octanol–water partition coefficient (Wildman–Crippen LogP) is 0.276. The average Bonchev–Trinajstić information content (AvgIpc) is 2.81. The topological polar surface area (TPSA) is 125 Å². The smallest absolute Gasteiger partial charge is 0.276 e. The van der Waals surface area contributed by atoms with Crippen LogP contribution in [0.4, 0.5) is 17.3 Å². The van der Waals surface area contributed by atoms with E-state index in [1.165, 1.54) is 12.1 Å². The monoisotopic (exact) mass is 249 g/mol. The summed E-state index contributed by atoms with van der Waals surface area (Å²) in [5.74, 6) is 0.467. The molecule has 0 atom stereocenters. The van der Waals surface area contributed by atoms with E-state index in [0.717, 1.165) is 0 Å². The van der Waals surface area contributed by atoms with Crippen molar-refractivity contribution in [2.75, 3.05) is 17.6 Å². The van der Waals surface area contributed by atoms with Crippen molar-refractivity contribution >= 4 is 17.3 Å². The molecule has 0 saturated heterocycles. The molecule has 0 bridgehead atoms. The molecule has 0 unspecified atom stereocenters. The Kier molecular flexibility index (Phi) is 3.32. The van der Waals surface area contributed by atoms with Crippen LogP contribution in [-0.4, -0.2) is 31.4 Å². The van der Waals surface area contributed by atoms with E-state index in [4.69, 9.17) is 5.73 Å². The summed E-state index contributed by atoms with van der Waals surface area (Å²) in [6.45, 7) is 1.08. The van der Waals surface area contributed by atoms with E-state index in [2.05, 4.69) is 20.6 Å². The Labute approximate surface area is 102 Å². The molecule has 9 heteroatoms. The average molecular weight is 249 g/mol. The summed E-state index contributed by atoms with van der Waals surface area (Å²) in [5.41, 5.74) is 5.39. The lowest BCUT2D eigenvalue weighted by atomic mass is 10.3. The van der Waals surface area contributed by atoms with Crippen LogP contribution in [0.1, 0.15) is 0 Å². The van der Waals surface area contributed by atoms with Gasteiger partial charge in [0.1, 0.15) is 11.6 Å². The Morgan fingerprint density at radius 3 is 3.00 bits per heavy atom. The maximum Gasteiger partial charge on any atom is 0.276 e. The maximum absolute atomic E-state index is 10.6. The molecule has 3 N–H and O–H groups in total. The lowest BCUT2D eigenvalue weighted by molar-refractivity contribution is -0.384. The Hall–Kier alpha value is -2.71. The summed E-state index contributed by atoms with van der Waals surface area (Å²) in [6.07, 6.45) is 3.29. The third kappa shape index (κ3) is 2.90. The number of hydrogen-bond donors (Lipinski definition) is 2. The summed E-state index contributed by atoms with van der Waals surface area (Å²) in [7, 11) is 0. The van der Waals surface area contributed by atoms with Crippen molar-refractivity contribution in [3.8, 4) is 0 Å². The lowest BCUT2D eigenvalue weighted by Gasteiger charge is -2.05. The molecule has 0 amide bonds. The number of nitrogens with two attached hydrogens (primary N) is 1. The third-order valence-electron chi connectivity index (χ3n) is 2.16. The molecule has 0 saturated carbocycles. The number of nitrogens with zero attached hydrogens (tertiary/aromatic N) is 5. The second-order valence-corrected chi connectivity index (χ2v) is 3.49. The standard InChI is InChI=1S/C9H11N7O2/c10-8-5-7(16(17)18)6-9(13-8)11-1-3-15-4-2-12-14-15/h2,4-6H,1,3H2,(H3,10,11,13). The number of hydrogen-bond acceptors (Lipinski definition) is 7. The van der Waals surface area contributed by atoms with Crippen molar-refractivity contribution in [1.82, 2.24) is 20.0 Å². The number of nitro groups is 1. The van der Waals surface area contributed by atoms with Crippen molar-refractivity contribution in [2.45, 2.75) is 6.54 Å². The first kappa shape index (κ1) is 11.8. The van der Waals surface area contributed by atoms with Gasteiger partial charge in [-0.2, -0.15) is 0 Å². The minimum absolute atomic E-state index is 0.0919. The molecule has 94 valence electrons. The first-order valence-corrected chi connectivity index (χ1v) is 5.15. The minimum Gasteiger partial charge on any atom is -0.383 e. The summed E-state index contributed by atoms with van der Waals surface area (Å²) >= 11 is 0. The highest BCUT2D eigenvalue weighted by molar-refractivity contribution is 5.52. The molecule has 2 rings (SSSR count). The zero-order valence-corrected chi connectivity index (χ0v) is 9.35. The van der Waals surface area contributed by atoms with Crippen molar-refractivity contribution in [3.63, 3.8) is 0 Å². The van der Waals surface area contributed by atoms with Crippen LogP contribution in [0.15, 0.2) is 24.5 Å². The molecule has 18 heavy (non-hydrogen) atoms. The predicted molar refractivity (Wildman–Crippen MR) is 63.8 cm³/mol. The number of anilines is 2. The van der Waals surface area contributed by atoms with Crippen molar-refractivity contribution in [1.29, 1.82) is 0 Å². The molecule has 0 aromatic carbocycles. The van der Waals surface area contributed by atoms with Crippen LogP contribution in [0.2, 0.25) is 0 Å². The van der Waals surface area contributed by atoms with E-state index in [0.29, 0.717) is 18.9 Å². The van der Waals surface area contributed by atoms with E-state index in [-0.39, 0.29) is 11.5 Å². The van der Waals surface area contributed by atoms with Crippen LogP contribution in [0.25, 0.3) is 0 Å². The Balaban J connectivity index is 1.98. The number of rotatable bonds is 5. The van der Waals surface area contributed by atoms with Crippen LogP contribution >= 0.6 is 0 Å². The second-order valence-electron chi connectivity index (χ2n) is 3.49. The van der Waals surface area contributed by atoms with E-state index in [1.54, 1.807) is 17.1 Å². The summed E-state index contributed by atoms with van der Waals surface area (Å²) in [4.78, 5) is 14.1. The van der Waals surface area contributed by atoms with Crippen molar-refractivity contribution < 1.29 is 4.92 Å². The molecule has 2 aromatic rings. The molecule has 0 aliphatic rings. The largest absolute Gasteiger partial charge is 0.383 e. The maximum atomic E-state index is 10.6. The fourth-order valence-corrected chi connectivity index (χ4v) is 1.38. The molecular formula is C9H11N7O2. The van der Waals surface area contributed by atoms with E-state index in [1.807, 2.05) is 0 Å². The fourth-order valence-electron chi connectivity index (χ4n) is 1.38. The van der Waals surface area contributed by atoms with Gasteiger partial charge in [0.25, 0.3) is 5.69 Å². The van der Waals surface area contributed by atoms with Crippen molar-refractivity contribution in [2.24, 2.45) is 0 Å². The highest BCUT2D eigenvalue weighted by atomic mass is 16.6. The van der Waals surface area contributed by atoms with Crippen LogP contribution in [0.5, 0.6) is 0 Å². The molecular weight excluding hydrogens is 238 g/mol. The van der Waals surface area contributed by atoms with Gasteiger partial charge in [-0.25, -0.2) is 4.98 Å². The summed E-state index contributed by atoms with van der Waals surface area (Å²) in [5, 5.41) is 21.0. The summed E-state index contributed by atoms with van der Waals surface area (Å²) in [6, 6.07) is 2.54. The van der Waals surface area contributed by atoms with Crippen LogP contribution < -0.4 is 11.1 Å². The lowest BCUT2D eigenvalue weighted by Crippen LogP contribution is -2.12.